The second-order valence-corrected chi connectivity index (χ2v) is 8.19. The summed E-state index contributed by atoms with van der Waals surface area (Å²) in [5.41, 5.74) is 1.84. The van der Waals surface area contributed by atoms with Crippen molar-refractivity contribution < 1.29 is 18.1 Å². The third-order valence-corrected chi connectivity index (χ3v) is 5.11. The number of aryl methyl sites for hydroxylation is 1. The molecule has 2 aromatic carbocycles. The maximum atomic E-state index is 12.5. The molecule has 0 fully saturated rings. The fourth-order valence-electron chi connectivity index (χ4n) is 2.46. The summed E-state index contributed by atoms with van der Waals surface area (Å²) in [7, 11) is -2.22. The van der Waals surface area contributed by atoms with Gasteiger partial charge >= 0.3 is 0 Å². The molecular weight excluding hydrogens is 370 g/mol. The fraction of sp³-hybridized carbons (Fsp3) is 0.278. The van der Waals surface area contributed by atoms with Gasteiger partial charge in [-0.25, -0.2) is 8.42 Å². The number of rotatable bonds is 7. The van der Waals surface area contributed by atoms with E-state index < -0.39 is 27.4 Å². The zero-order valence-corrected chi connectivity index (χ0v) is 16.1. The zero-order valence-electron chi connectivity index (χ0n) is 15.3. The number of carbonyl (C=O) groups is 1. The van der Waals surface area contributed by atoms with Crippen molar-refractivity contribution in [2.75, 3.05) is 24.2 Å². The minimum atomic E-state index is -3.80. The molecule has 0 aromatic heterocycles. The summed E-state index contributed by atoms with van der Waals surface area (Å²) < 4.78 is 25.2. The molecular formula is C18H21N3O5S. The van der Waals surface area contributed by atoms with Gasteiger partial charge in [0.25, 0.3) is 5.69 Å². The minimum Gasteiger partial charge on any atom is -0.340 e. The Morgan fingerprint density at radius 3 is 2.33 bits per heavy atom. The van der Waals surface area contributed by atoms with Gasteiger partial charge in [-0.15, -0.1) is 0 Å². The van der Waals surface area contributed by atoms with Gasteiger partial charge in [-0.3, -0.25) is 19.2 Å². The van der Waals surface area contributed by atoms with Crippen LogP contribution in [0, 0.1) is 17.0 Å². The van der Waals surface area contributed by atoms with Crippen molar-refractivity contribution in [2.24, 2.45) is 0 Å². The Bertz CT molecular complexity index is 942. The van der Waals surface area contributed by atoms with Crippen LogP contribution in [0.25, 0.3) is 0 Å². The van der Waals surface area contributed by atoms with Gasteiger partial charge in [0.15, 0.2) is 0 Å². The number of nitro benzene ring substituents is 1. The highest BCUT2D eigenvalue weighted by molar-refractivity contribution is 7.92. The Kier molecular flexibility index (Phi) is 6.17. The van der Waals surface area contributed by atoms with Crippen molar-refractivity contribution >= 4 is 27.3 Å². The quantitative estimate of drug-likeness (QED) is 0.533. The molecule has 0 radical (unpaired) electrons. The molecule has 0 saturated heterocycles. The molecule has 2 rings (SSSR count). The third kappa shape index (κ3) is 5.52. The molecule has 0 heterocycles. The van der Waals surface area contributed by atoms with E-state index in [0.29, 0.717) is 6.54 Å². The van der Waals surface area contributed by atoms with Crippen molar-refractivity contribution in [1.29, 1.82) is 0 Å². The summed E-state index contributed by atoms with van der Waals surface area (Å²) in [5, 5.41) is 10.9. The van der Waals surface area contributed by atoms with Gasteiger partial charge in [0.05, 0.1) is 16.9 Å². The summed E-state index contributed by atoms with van der Waals surface area (Å²) in [6.07, 6.45) is 0.957. The summed E-state index contributed by atoms with van der Waals surface area (Å²) in [4.78, 5) is 24.3. The Morgan fingerprint density at radius 2 is 1.78 bits per heavy atom. The van der Waals surface area contributed by atoms with Crippen molar-refractivity contribution in [3.05, 3.63) is 69.8 Å². The van der Waals surface area contributed by atoms with E-state index in [-0.39, 0.29) is 11.4 Å². The number of anilines is 1. The molecule has 0 spiro atoms. The summed E-state index contributed by atoms with van der Waals surface area (Å²) >= 11 is 0. The van der Waals surface area contributed by atoms with Crippen molar-refractivity contribution in [3.63, 3.8) is 0 Å². The van der Waals surface area contributed by atoms with Gasteiger partial charge in [0, 0.05) is 25.7 Å². The number of carbonyl (C=O) groups excluding carboxylic acids is 1. The lowest BCUT2D eigenvalue weighted by Gasteiger charge is -2.25. The van der Waals surface area contributed by atoms with Gasteiger partial charge in [-0.1, -0.05) is 35.9 Å². The topological polar surface area (TPSA) is 101 Å². The Hall–Kier alpha value is -2.94. The molecule has 0 unspecified atom stereocenters. The Balaban J connectivity index is 2.20. The molecule has 27 heavy (non-hydrogen) atoms. The third-order valence-electron chi connectivity index (χ3n) is 3.97. The Morgan fingerprint density at radius 1 is 1.15 bits per heavy atom. The molecule has 8 nitrogen and oxygen atoms in total. The highest BCUT2D eigenvalue weighted by Gasteiger charge is 2.24. The number of sulfonamides is 1. The highest BCUT2D eigenvalue weighted by Crippen LogP contribution is 2.23. The van der Waals surface area contributed by atoms with Crippen molar-refractivity contribution in [2.45, 2.75) is 13.5 Å². The number of hydrogen-bond donors (Lipinski definition) is 0. The number of nitrogens with zero attached hydrogens (tertiary/aromatic N) is 3. The van der Waals surface area contributed by atoms with Crippen LogP contribution in [0.5, 0.6) is 0 Å². The predicted molar refractivity (Wildman–Crippen MR) is 103 cm³/mol. The first-order valence-electron chi connectivity index (χ1n) is 8.09. The monoisotopic (exact) mass is 391 g/mol. The van der Waals surface area contributed by atoms with Crippen LogP contribution in [0.2, 0.25) is 0 Å². The van der Waals surface area contributed by atoms with Gasteiger partial charge in [-0.05, 0) is 18.6 Å². The van der Waals surface area contributed by atoms with E-state index in [9.17, 15) is 23.3 Å². The lowest BCUT2D eigenvalue weighted by atomic mass is 10.1. The number of amides is 1. The van der Waals surface area contributed by atoms with Gasteiger partial charge in [0.1, 0.15) is 6.54 Å². The lowest BCUT2D eigenvalue weighted by Crippen LogP contribution is -2.41. The average molecular weight is 391 g/mol. The molecule has 0 aliphatic carbocycles. The molecule has 0 N–H and O–H groups in total. The fourth-order valence-corrected chi connectivity index (χ4v) is 3.30. The lowest BCUT2D eigenvalue weighted by molar-refractivity contribution is -0.384. The summed E-state index contributed by atoms with van der Waals surface area (Å²) in [6, 6.07) is 12.8. The van der Waals surface area contributed by atoms with E-state index in [1.165, 1.54) is 23.1 Å². The van der Waals surface area contributed by atoms with Crippen molar-refractivity contribution in [1.82, 2.24) is 4.90 Å². The average Bonchev–Trinajstić information content (AvgIpc) is 2.60. The van der Waals surface area contributed by atoms with Crippen molar-refractivity contribution in [3.8, 4) is 0 Å². The molecule has 0 aliphatic heterocycles. The summed E-state index contributed by atoms with van der Waals surface area (Å²) in [5.74, 6) is -0.424. The number of benzene rings is 2. The molecule has 2 aromatic rings. The van der Waals surface area contributed by atoms with Gasteiger partial charge in [-0.2, -0.15) is 0 Å². The van der Waals surface area contributed by atoms with E-state index in [2.05, 4.69) is 0 Å². The van der Waals surface area contributed by atoms with E-state index in [1.54, 1.807) is 7.05 Å². The van der Waals surface area contributed by atoms with Crippen LogP contribution in [0.15, 0.2) is 48.5 Å². The number of likely N-dealkylation sites (N-methyl/N-ethyl adjacent to an activating group) is 1. The van der Waals surface area contributed by atoms with Crippen LogP contribution in [0.4, 0.5) is 11.4 Å². The second kappa shape index (κ2) is 8.17. The molecule has 0 bridgehead atoms. The normalized spacial score (nSPS) is 11.1. The first-order chi connectivity index (χ1) is 12.6. The molecule has 144 valence electrons. The second-order valence-electron chi connectivity index (χ2n) is 6.28. The van der Waals surface area contributed by atoms with Crippen LogP contribution in [0.1, 0.15) is 11.1 Å². The van der Waals surface area contributed by atoms with E-state index >= 15 is 0 Å². The first-order valence-corrected chi connectivity index (χ1v) is 9.94. The standard InChI is InChI=1S/C18H21N3O5S/c1-14-7-9-15(10-8-14)12-19(2)18(22)13-20(27(3,25)26)16-5-4-6-17(11-16)21(23)24/h4-11H,12-13H2,1-3H3. The van der Waals surface area contributed by atoms with E-state index in [0.717, 1.165) is 27.8 Å². The van der Waals surface area contributed by atoms with Crippen LogP contribution in [0.3, 0.4) is 0 Å². The molecule has 1 amide bonds. The van der Waals surface area contributed by atoms with Gasteiger partial charge < -0.3 is 4.90 Å². The highest BCUT2D eigenvalue weighted by atomic mass is 32.2. The molecule has 9 heteroatoms. The number of non-ortho nitro benzene ring substituents is 1. The molecule has 0 aliphatic rings. The summed E-state index contributed by atoms with van der Waals surface area (Å²) in [6.45, 7) is 1.84. The maximum Gasteiger partial charge on any atom is 0.271 e. The number of nitro groups is 1. The predicted octanol–water partition coefficient (Wildman–Crippen LogP) is 2.33. The SMILES string of the molecule is Cc1ccc(CN(C)C(=O)CN(c2cccc([N+](=O)[O-])c2)S(C)(=O)=O)cc1. The van der Waals surface area contributed by atoms with E-state index in [1.807, 2.05) is 31.2 Å². The van der Waals surface area contributed by atoms with Gasteiger partial charge in [0.2, 0.25) is 15.9 Å². The smallest absolute Gasteiger partial charge is 0.271 e. The maximum absolute atomic E-state index is 12.5. The molecule has 0 saturated carbocycles. The van der Waals surface area contributed by atoms with E-state index in [4.69, 9.17) is 0 Å². The largest absolute Gasteiger partial charge is 0.340 e. The molecule has 0 atom stereocenters. The van der Waals surface area contributed by atoms with Crippen LogP contribution in [-0.4, -0.2) is 44.0 Å². The van der Waals surface area contributed by atoms with Crippen LogP contribution in [-0.2, 0) is 21.4 Å². The minimum absolute atomic E-state index is 0.0729. The Labute approximate surface area is 158 Å². The number of hydrogen-bond acceptors (Lipinski definition) is 5. The zero-order chi connectivity index (χ0) is 20.2. The first kappa shape index (κ1) is 20.4. The van der Waals surface area contributed by atoms with Crippen LogP contribution < -0.4 is 4.31 Å². The van der Waals surface area contributed by atoms with Crippen LogP contribution >= 0.6 is 0 Å².